The second kappa shape index (κ2) is 16.2. The number of benzene rings is 2. The fraction of sp³-hybridized carbons (Fsp3) is 0.571. The third kappa shape index (κ3) is 9.74. The monoisotopic (exact) mass is 650 g/mol. The van der Waals surface area contributed by atoms with Gasteiger partial charge < -0.3 is 34.9 Å². The maximum atomic E-state index is 11.5. The smallest absolute Gasteiger partial charge is 0.411 e. The highest BCUT2D eigenvalue weighted by Gasteiger charge is 2.27. The van der Waals surface area contributed by atoms with E-state index in [-0.39, 0.29) is 5.41 Å². The molecule has 2 aromatic carbocycles. The topological polar surface area (TPSA) is 139 Å². The Balaban J connectivity index is 0.000000218. The molecule has 0 spiro atoms. The summed E-state index contributed by atoms with van der Waals surface area (Å²) in [4.78, 5) is 32.4. The van der Waals surface area contributed by atoms with Crippen molar-refractivity contribution in [3.63, 3.8) is 0 Å². The quantitative estimate of drug-likeness (QED) is 0.216. The molecule has 2 aliphatic heterocycles. The molecule has 2 saturated heterocycles. The maximum absolute atomic E-state index is 11.5. The minimum atomic E-state index is -0.501. The Bertz CT molecular complexity index is 1500. The molecular weight excluding hydrogens is 596 g/mol. The summed E-state index contributed by atoms with van der Waals surface area (Å²) in [5.74, 6) is 1.08. The van der Waals surface area contributed by atoms with Gasteiger partial charge in [-0.1, -0.05) is 33.6 Å². The van der Waals surface area contributed by atoms with Crippen molar-refractivity contribution in [2.45, 2.75) is 83.3 Å². The summed E-state index contributed by atoms with van der Waals surface area (Å²) in [7, 11) is 7.08. The highest BCUT2D eigenvalue weighted by atomic mass is 16.5. The summed E-state index contributed by atoms with van der Waals surface area (Å²) >= 11 is 0. The van der Waals surface area contributed by atoms with Crippen LogP contribution in [-0.4, -0.2) is 91.6 Å². The zero-order valence-electron chi connectivity index (χ0n) is 29.2. The number of piperidine rings is 2. The number of amides is 2. The molecule has 2 amide bonds. The van der Waals surface area contributed by atoms with Gasteiger partial charge in [0.25, 0.3) is 0 Å². The van der Waals surface area contributed by atoms with Gasteiger partial charge in [-0.3, -0.25) is 10.6 Å². The number of methoxy groups -OCH3 is 2. The van der Waals surface area contributed by atoms with Crippen molar-refractivity contribution in [2.75, 3.05) is 69.6 Å². The Hall–Kier alpha value is -4.03. The molecule has 3 aromatic rings. The molecule has 5 N–H and O–H groups in total. The molecule has 0 aliphatic carbocycles. The molecule has 12 nitrogen and oxygen atoms in total. The molecule has 2 aliphatic rings. The average molecular weight is 651 g/mol. The molecule has 12 heteroatoms. The first-order valence-corrected chi connectivity index (χ1v) is 16.6. The number of imidazole rings is 1. The van der Waals surface area contributed by atoms with Crippen molar-refractivity contribution in [2.24, 2.45) is 0 Å². The molecule has 0 radical (unpaired) electrons. The summed E-state index contributed by atoms with van der Waals surface area (Å²) in [5, 5.41) is 8.71. The van der Waals surface area contributed by atoms with Crippen LogP contribution in [-0.2, 0) is 21.4 Å². The van der Waals surface area contributed by atoms with Gasteiger partial charge in [0.1, 0.15) is 5.82 Å². The SMILES string of the molecule is COC(=O)Nc1ccc(NC[C@H]2CCCCN2C)c(N)c1.COC(=O)Nc1ccc2c(c1)nc(C(C)(C)C)n2C[C@H]1CCCCN1C. The molecule has 258 valence electrons. The van der Waals surface area contributed by atoms with E-state index in [0.29, 0.717) is 29.1 Å². The van der Waals surface area contributed by atoms with Gasteiger partial charge in [-0.05, 0) is 89.3 Å². The van der Waals surface area contributed by atoms with Gasteiger partial charge in [0.15, 0.2) is 0 Å². The summed E-state index contributed by atoms with van der Waals surface area (Å²) in [5.41, 5.74) is 10.8. The number of nitrogens with one attached hydrogen (secondary N) is 3. The predicted octanol–water partition coefficient (Wildman–Crippen LogP) is 6.34. The second-order valence-corrected chi connectivity index (χ2v) is 13.7. The predicted molar refractivity (Wildman–Crippen MR) is 190 cm³/mol. The number of likely N-dealkylation sites (N-methyl/N-ethyl adjacent to an activating group) is 2. The van der Waals surface area contributed by atoms with Gasteiger partial charge in [0, 0.05) is 42.0 Å². The first-order chi connectivity index (χ1) is 22.4. The van der Waals surface area contributed by atoms with Crippen LogP contribution in [0.2, 0.25) is 0 Å². The maximum Gasteiger partial charge on any atom is 0.411 e. The third-order valence-electron chi connectivity index (χ3n) is 9.10. The fourth-order valence-electron chi connectivity index (χ4n) is 6.32. The van der Waals surface area contributed by atoms with Crippen LogP contribution in [0.1, 0.15) is 65.1 Å². The summed E-state index contributed by atoms with van der Waals surface area (Å²) in [6.45, 7) is 10.7. The number of nitrogens with zero attached hydrogens (tertiary/aromatic N) is 4. The number of carbonyl (C=O) groups excluding carboxylic acids is 2. The average Bonchev–Trinajstić information content (AvgIpc) is 3.40. The van der Waals surface area contributed by atoms with Crippen molar-refractivity contribution in [3.05, 3.63) is 42.2 Å². The van der Waals surface area contributed by atoms with E-state index in [1.807, 2.05) is 24.3 Å². The lowest BCUT2D eigenvalue weighted by Gasteiger charge is -2.34. The van der Waals surface area contributed by atoms with Crippen molar-refractivity contribution >= 4 is 46.0 Å². The normalized spacial score (nSPS) is 19.0. The van der Waals surface area contributed by atoms with E-state index < -0.39 is 12.2 Å². The highest BCUT2D eigenvalue weighted by Crippen LogP contribution is 2.30. The number of carbonyl (C=O) groups is 2. The van der Waals surface area contributed by atoms with Crippen molar-refractivity contribution in [3.8, 4) is 0 Å². The van der Waals surface area contributed by atoms with Gasteiger partial charge in [-0.2, -0.15) is 0 Å². The fourth-order valence-corrected chi connectivity index (χ4v) is 6.32. The molecule has 0 unspecified atom stereocenters. The second-order valence-electron chi connectivity index (χ2n) is 13.7. The Kier molecular flexibility index (Phi) is 12.3. The number of anilines is 4. The van der Waals surface area contributed by atoms with E-state index >= 15 is 0 Å². The Labute approximate surface area is 279 Å². The minimum absolute atomic E-state index is 0.0534. The highest BCUT2D eigenvalue weighted by molar-refractivity contribution is 5.89. The molecule has 47 heavy (non-hydrogen) atoms. The van der Waals surface area contributed by atoms with Crippen LogP contribution in [0.15, 0.2) is 36.4 Å². The van der Waals surface area contributed by atoms with E-state index in [1.165, 1.54) is 52.7 Å². The molecule has 5 rings (SSSR count). The van der Waals surface area contributed by atoms with Crippen molar-refractivity contribution in [1.82, 2.24) is 19.4 Å². The number of hydrogen-bond acceptors (Lipinski definition) is 9. The van der Waals surface area contributed by atoms with E-state index in [2.05, 4.69) is 74.7 Å². The summed E-state index contributed by atoms with van der Waals surface area (Å²) in [6.07, 6.45) is 6.61. The van der Waals surface area contributed by atoms with Gasteiger partial charge >= 0.3 is 12.2 Å². The van der Waals surface area contributed by atoms with E-state index in [0.717, 1.165) is 48.7 Å². The number of rotatable bonds is 7. The molecular formula is C35H54N8O4. The lowest BCUT2D eigenvalue weighted by Crippen LogP contribution is -2.40. The van der Waals surface area contributed by atoms with Gasteiger partial charge in [0.2, 0.25) is 0 Å². The number of nitrogens with two attached hydrogens (primary N) is 1. The summed E-state index contributed by atoms with van der Waals surface area (Å²) in [6, 6.07) is 12.4. The Morgan fingerprint density at radius 1 is 0.872 bits per heavy atom. The van der Waals surface area contributed by atoms with Crippen LogP contribution in [0.25, 0.3) is 11.0 Å². The summed E-state index contributed by atoms with van der Waals surface area (Å²) < 4.78 is 11.6. The number of fused-ring (bicyclic) bond motifs is 1. The van der Waals surface area contributed by atoms with Gasteiger partial charge in [0.05, 0.1) is 36.6 Å². The molecule has 2 atom stereocenters. The minimum Gasteiger partial charge on any atom is -0.453 e. The van der Waals surface area contributed by atoms with Gasteiger partial charge in [-0.25, -0.2) is 14.6 Å². The molecule has 0 bridgehead atoms. The van der Waals surface area contributed by atoms with E-state index in [1.54, 1.807) is 12.1 Å². The first kappa shape index (κ1) is 35.8. The molecule has 2 fully saturated rings. The zero-order valence-corrected chi connectivity index (χ0v) is 29.2. The number of aromatic nitrogens is 2. The van der Waals surface area contributed by atoms with Crippen LogP contribution < -0.4 is 21.7 Å². The Morgan fingerprint density at radius 3 is 2.00 bits per heavy atom. The molecule has 1 aromatic heterocycles. The number of ether oxygens (including phenoxy) is 2. The lowest BCUT2D eigenvalue weighted by atomic mass is 9.95. The van der Waals surface area contributed by atoms with Crippen LogP contribution in [0.5, 0.6) is 0 Å². The number of hydrogen-bond donors (Lipinski definition) is 4. The van der Waals surface area contributed by atoms with Crippen LogP contribution in [0.3, 0.4) is 0 Å². The van der Waals surface area contributed by atoms with Crippen molar-refractivity contribution < 1.29 is 19.1 Å². The van der Waals surface area contributed by atoms with Gasteiger partial charge in [-0.15, -0.1) is 0 Å². The van der Waals surface area contributed by atoms with E-state index in [4.69, 9.17) is 10.7 Å². The zero-order chi connectivity index (χ0) is 34.1. The van der Waals surface area contributed by atoms with Crippen LogP contribution in [0, 0.1) is 0 Å². The standard InChI is InChI=1S/C20H30N4O2.C15H24N4O2/c1-20(2,3)18-22-16-12-14(21-19(25)26-5)9-10-17(16)24(18)13-15-8-6-7-11-23(15)4;1-19-8-4-3-5-12(19)10-17-14-7-6-11(9-13(14)16)18-15(20)21-2/h9-10,12,15H,6-8,11,13H2,1-5H3,(H,21,25);6-7,9,12,17H,3-5,8,10,16H2,1-2H3,(H,18,20)/t15-;12-/m11/s1. The first-order valence-electron chi connectivity index (χ1n) is 16.6. The molecule has 3 heterocycles. The number of nitrogen functional groups attached to an aromatic ring is 1. The van der Waals surface area contributed by atoms with Crippen molar-refractivity contribution in [1.29, 1.82) is 0 Å². The lowest BCUT2D eigenvalue weighted by molar-refractivity contribution is 0.166. The van der Waals surface area contributed by atoms with E-state index in [9.17, 15) is 9.59 Å². The number of likely N-dealkylation sites (tertiary alicyclic amines) is 2. The largest absolute Gasteiger partial charge is 0.453 e. The Morgan fingerprint density at radius 2 is 1.45 bits per heavy atom. The van der Waals surface area contributed by atoms with Crippen LogP contribution in [0.4, 0.5) is 32.3 Å². The third-order valence-corrected chi connectivity index (χ3v) is 9.10. The molecule has 0 saturated carbocycles. The van der Waals surface area contributed by atoms with Crippen LogP contribution >= 0.6 is 0 Å².